The average Bonchev–Trinajstić information content (AvgIpc) is 3.22. The van der Waals surface area contributed by atoms with E-state index in [0.29, 0.717) is 23.0 Å². The van der Waals surface area contributed by atoms with Crippen LogP contribution in [0.3, 0.4) is 0 Å². The SMILES string of the molecule is O=C(O)CC1CCC(c2ccc(C(=O)Nc3nnc(Cc4ccc(F)cc4)s3)cc2)CC1. The first-order valence-electron chi connectivity index (χ1n) is 10.7. The first kappa shape index (κ1) is 22.1. The van der Waals surface area contributed by atoms with Gasteiger partial charge in [0.1, 0.15) is 10.8 Å². The predicted octanol–water partition coefficient (Wildman–Crippen LogP) is 5.27. The first-order valence-corrected chi connectivity index (χ1v) is 11.5. The second-order valence-corrected chi connectivity index (χ2v) is 9.26. The molecule has 1 aliphatic rings. The highest BCUT2D eigenvalue weighted by molar-refractivity contribution is 7.15. The Hall–Kier alpha value is -3.13. The number of carbonyl (C=O) groups excluding carboxylic acids is 1. The van der Waals surface area contributed by atoms with Crippen molar-refractivity contribution in [3.8, 4) is 0 Å². The van der Waals surface area contributed by atoms with Crippen LogP contribution < -0.4 is 5.32 Å². The minimum absolute atomic E-state index is 0.244. The number of anilines is 1. The third-order valence-corrected chi connectivity index (χ3v) is 6.75. The Kier molecular flexibility index (Phi) is 6.90. The Labute approximate surface area is 189 Å². The molecule has 1 amide bonds. The Bertz CT molecular complexity index is 1070. The number of hydrogen-bond acceptors (Lipinski definition) is 5. The standard InChI is InChI=1S/C24H24FN3O3S/c25-20-11-3-15(4-12-20)13-21-27-28-24(32-21)26-23(31)19-9-7-18(8-10-19)17-5-1-16(2-6-17)14-22(29)30/h3-4,7-12,16-17H,1-2,5-6,13-14H2,(H,29,30)(H,26,28,31). The Morgan fingerprint density at radius 2 is 1.69 bits per heavy atom. The highest BCUT2D eigenvalue weighted by Gasteiger charge is 2.24. The van der Waals surface area contributed by atoms with E-state index in [1.165, 1.54) is 29.0 Å². The molecular formula is C24H24FN3O3S. The van der Waals surface area contributed by atoms with Crippen LogP contribution in [0.25, 0.3) is 0 Å². The van der Waals surface area contributed by atoms with E-state index in [1.807, 2.05) is 24.3 Å². The number of nitrogens with one attached hydrogen (secondary N) is 1. The maximum atomic E-state index is 13.0. The summed E-state index contributed by atoms with van der Waals surface area (Å²) in [6.45, 7) is 0. The lowest BCUT2D eigenvalue weighted by atomic mass is 9.77. The molecular weight excluding hydrogens is 429 g/mol. The van der Waals surface area contributed by atoms with Gasteiger partial charge in [-0.25, -0.2) is 4.39 Å². The topological polar surface area (TPSA) is 92.2 Å². The van der Waals surface area contributed by atoms with Crippen molar-refractivity contribution in [1.29, 1.82) is 0 Å². The van der Waals surface area contributed by atoms with Crippen LogP contribution in [0.2, 0.25) is 0 Å². The minimum Gasteiger partial charge on any atom is -0.481 e. The van der Waals surface area contributed by atoms with Crippen molar-refractivity contribution in [3.63, 3.8) is 0 Å². The average molecular weight is 454 g/mol. The number of aromatic nitrogens is 2. The van der Waals surface area contributed by atoms with Crippen molar-refractivity contribution < 1.29 is 19.1 Å². The van der Waals surface area contributed by atoms with Gasteiger partial charge >= 0.3 is 5.97 Å². The molecule has 0 bridgehead atoms. The molecule has 0 aliphatic heterocycles. The Balaban J connectivity index is 1.31. The number of aliphatic carboxylic acids is 1. The van der Waals surface area contributed by atoms with Gasteiger partial charge in [-0.2, -0.15) is 0 Å². The number of halogens is 1. The summed E-state index contributed by atoms with van der Waals surface area (Å²) in [7, 11) is 0. The molecule has 0 spiro atoms. The van der Waals surface area contributed by atoms with Crippen molar-refractivity contribution in [2.45, 2.75) is 44.4 Å². The lowest BCUT2D eigenvalue weighted by Crippen LogP contribution is -2.16. The molecule has 0 radical (unpaired) electrons. The molecule has 0 atom stereocenters. The summed E-state index contributed by atoms with van der Waals surface area (Å²) in [5.74, 6) is -0.563. The van der Waals surface area contributed by atoms with E-state index in [0.717, 1.165) is 36.3 Å². The van der Waals surface area contributed by atoms with Crippen molar-refractivity contribution >= 4 is 28.3 Å². The van der Waals surface area contributed by atoms with E-state index in [2.05, 4.69) is 15.5 Å². The monoisotopic (exact) mass is 453 g/mol. The number of rotatable bonds is 7. The highest BCUT2D eigenvalue weighted by Crippen LogP contribution is 2.37. The van der Waals surface area contributed by atoms with Crippen LogP contribution in [0.4, 0.5) is 9.52 Å². The molecule has 4 rings (SSSR count). The quantitative estimate of drug-likeness (QED) is 0.509. The molecule has 1 aliphatic carbocycles. The van der Waals surface area contributed by atoms with E-state index in [-0.39, 0.29) is 24.1 Å². The fourth-order valence-electron chi connectivity index (χ4n) is 4.18. The van der Waals surface area contributed by atoms with Gasteiger partial charge < -0.3 is 5.11 Å². The normalized spacial score (nSPS) is 18.3. The smallest absolute Gasteiger partial charge is 0.303 e. The van der Waals surface area contributed by atoms with E-state index in [9.17, 15) is 14.0 Å². The maximum absolute atomic E-state index is 13.0. The van der Waals surface area contributed by atoms with Gasteiger partial charge in [-0.15, -0.1) is 10.2 Å². The number of carboxylic acids is 1. The second-order valence-electron chi connectivity index (χ2n) is 8.20. The van der Waals surface area contributed by atoms with Crippen LogP contribution in [0.1, 0.15) is 64.5 Å². The summed E-state index contributed by atoms with van der Waals surface area (Å²) in [6.07, 6.45) is 4.59. The summed E-state index contributed by atoms with van der Waals surface area (Å²) in [5, 5.41) is 21.0. The molecule has 32 heavy (non-hydrogen) atoms. The summed E-state index contributed by atoms with van der Waals surface area (Å²) in [4.78, 5) is 23.5. The van der Waals surface area contributed by atoms with Crippen molar-refractivity contribution in [3.05, 3.63) is 76.0 Å². The van der Waals surface area contributed by atoms with Crippen LogP contribution in [0.15, 0.2) is 48.5 Å². The molecule has 1 saturated carbocycles. The van der Waals surface area contributed by atoms with Gasteiger partial charge in [-0.3, -0.25) is 14.9 Å². The molecule has 1 heterocycles. The third kappa shape index (κ3) is 5.76. The molecule has 3 aromatic rings. The number of hydrogen-bond donors (Lipinski definition) is 2. The van der Waals surface area contributed by atoms with Gasteiger partial charge in [0, 0.05) is 18.4 Å². The van der Waals surface area contributed by atoms with Gasteiger partial charge in [0.15, 0.2) is 0 Å². The summed E-state index contributed by atoms with van der Waals surface area (Å²) in [6, 6.07) is 13.8. The number of nitrogens with zero attached hydrogens (tertiary/aromatic N) is 2. The van der Waals surface area contributed by atoms with Crippen molar-refractivity contribution in [1.82, 2.24) is 10.2 Å². The van der Waals surface area contributed by atoms with E-state index >= 15 is 0 Å². The highest BCUT2D eigenvalue weighted by atomic mass is 32.1. The molecule has 2 N–H and O–H groups in total. The van der Waals surface area contributed by atoms with E-state index in [1.54, 1.807) is 12.1 Å². The maximum Gasteiger partial charge on any atom is 0.303 e. The van der Waals surface area contributed by atoms with Crippen LogP contribution >= 0.6 is 11.3 Å². The molecule has 0 saturated heterocycles. The lowest BCUT2D eigenvalue weighted by Gasteiger charge is -2.28. The molecule has 166 valence electrons. The summed E-state index contributed by atoms with van der Waals surface area (Å²) >= 11 is 1.30. The lowest BCUT2D eigenvalue weighted by molar-refractivity contribution is -0.138. The van der Waals surface area contributed by atoms with Crippen LogP contribution in [0, 0.1) is 11.7 Å². The number of carboxylic acid groups (broad SMARTS) is 1. The zero-order chi connectivity index (χ0) is 22.5. The molecule has 1 aromatic heterocycles. The predicted molar refractivity (Wildman–Crippen MR) is 120 cm³/mol. The Morgan fingerprint density at radius 3 is 2.34 bits per heavy atom. The van der Waals surface area contributed by atoms with Gasteiger partial charge in [-0.05, 0) is 72.9 Å². The molecule has 6 nitrogen and oxygen atoms in total. The van der Waals surface area contributed by atoms with Gasteiger partial charge in [0.25, 0.3) is 5.91 Å². The Morgan fingerprint density at radius 1 is 1.00 bits per heavy atom. The van der Waals surface area contributed by atoms with Crippen LogP contribution in [0.5, 0.6) is 0 Å². The van der Waals surface area contributed by atoms with Crippen LogP contribution in [-0.4, -0.2) is 27.2 Å². The summed E-state index contributed by atoms with van der Waals surface area (Å²) in [5.41, 5.74) is 2.66. The van der Waals surface area contributed by atoms with Crippen molar-refractivity contribution in [2.24, 2.45) is 5.92 Å². The molecule has 2 aromatic carbocycles. The number of amides is 1. The second kappa shape index (κ2) is 9.99. The molecule has 8 heteroatoms. The molecule has 0 unspecified atom stereocenters. The van der Waals surface area contributed by atoms with Gasteiger partial charge in [0.05, 0.1) is 0 Å². The zero-order valence-corrected chi connectivity index (χ0v) is 18.3. The van der Waals surface area contributed by atoms with E-state index in [4.69, 9.17) is 5.11 Å². The third-order valence-electron chi connectivity index (χ3n) is 5.91. The largest absolute Gasteiger partial charge is 0.481 e. The summed E-state index contributed by atoms with van der Waals surface area (Å²) < 4.78 is 13.0. The molecule has 1 fully saturated rings. The number of benzene rings is 2. The van der Waals surface area contributed by atoms with Crippen molar-refractivity contribution in [2.75, 3.05) is 5.32 Å². The fourth-order valence-corrected chi connectivity index (χ4v) is 4.94. The fraction of sp³-hybridized carbons (Fsp3) is 0.333. The minimum atomic E-state index is -0.721. The zero-order valence-electron chi connectivity index (χ0n) is 17.5. The first-order chi connectivity index (χ1) is 15.5. The van der Waals surface area contributed by atoms with Gasteiger partial charge in [0.2, 0.25) is 5.13 Å². The van der Waals surface area contributed by atoms with Crippen LogP contribution in [-0.2, 0) is 11.2 Å². The van der Waals surface area contributed by atoms with Gasteiger partial charge in [-0.1, -0.05) is 35.6 Å². The number of carbonyl (C=O) groups is 2. The van der Waals surface area contributed by atoms with E-state index < -0.39 is 5.97 Å².